The molecule has 0 aliphatic rings. The third kappa shape index (κ3) is 4.45. The molecule has 1 aromatic carbocycles. The van der Waals surface area contributed by atoms with Crippen molar-refractivity contribution in [3.63, 3.8) is 0 Å². The molecule has 3 N–H and O–H groups in total. The lowest BCUT2D eigenvalue weighted by Gasteiger charge is -2.25. The Hall–Kier alpha value is -0.620. The molecule has 0 fully saturated rings. The van der Waals surface area contributed by atoms with Gasteiger partial charge in [-0.2, -0.15) is 0 Å². The summed E-state index contributed by atoms with van der Waals surface area (Å²) < 4.78 is 27.2. The van der Waals surface area contributed by atoms with Crippen LogP contribution in [0.5, 0.6) is 0 Å². The van der Waals surface area contributed by atoms with Crippen molar-refractivity contribution in [1.82, 2.24) is 4.72 Å². The first-order valence-corrected chi connectivity index (χ1v) is 8.10. The van der Waals surface area contributed by atoms with Crippen LogP contribution in [0.4, 0.5) is 0 Å². The number of sulfonamides is 1. The minimum Gasteiger partial charge on any atom is -0.326 e. The molecule has 1 rings (SSSR count). The van der Waals surface area contributed by atoms with Gasteiger partial charge in [0.15, 0.2) is 0 Å². The van der Waals surface area contributed by atoms with Crippen molar-refractivity contribution >= 4 is 21.6 Å². The van der Waals surface area contributed by atoms with E-state index >= 15 is 0 Å². The molecular formula is C13H21ClN2O2S. The highest BCUT2D eigenvalue weighted by atomic mass is 35.5. The van der Waals surface area contributed by atoms with Crippen LogP contribution < -0.4 is 10.5 Å². The molecule has 0 spiro atoms. The average Bonchev–Trinajstić information content (AvgIpc) is 2.27. The van der Waals surface area contributed by atoms with Gasteiger partial charge in [0.05, 0.1) is 4.90 Å². The van der Waals surface area contributed by atoms with Gasteiger partial charge >= 0.3 is 0 Å². The first-order chi connectivity index (χ1) is 8.72. The molecule has 0 heterocycles. The Morgan fingerprint density at radius 3 is 2.47 bits per heavy atom. The number of hydrogen-bond donors (Lipinski definition) is 2. The van der Waals surface area contributed by atoms with Crippen LogP contribution in [0.1, 0.15) is 39.2 Å². The Bertz CT molecular complexity index is 542. The molecule has 0 bridgehead atoms. The number of rotatable bonds is 6. The van der Waals surface area contributed by atoms with Crippen molar-refractivity contribution in [2.75, 3.05) is 0 Å². The summed E-state index contributed by atoms with van der Waals surface area (Å²) in [7, 11) is -3.56. The number of benzene rings is 1. The molecule has 0 aliphatic carbocycles. The number of halogens is 1. The monoisotopic (exact) mass is 304 g/mol. The molecule has 0 unspecified atom stereocenters. The average molecular weight is 305 g/mol. The second-order valence-corrected chi connectivity index (χ2v) is 7.29. The molecule has 0 radical (unpaired) electrons. The maximum Gasteiger partial charge on any atom is 0.241 e. The SMILES string of the molecule is CCCC(C)(C)NS(=O)(=O)c1ccc(CN)c(Cl)c1. The van der Waals surface area contributed by atoms with E-state index in [2.05, 4.69) is 4.72 Å². The van der Waals surface area contributed by atoms with Crippen molar-refractivity contribution in [3.05, 3.63) is 28.8 Å². The molecule has 19 heavy (non-hydrogen) atoms. The standard InChI is InChI=1S/C13H21ClN2O2S/c1-4-7-13(2,3)16-19(17,18)11-6-5-10(9-15)12(14)8-11/h5-6,8,16H,4,7,9,15H2,1-3H3. The fourth-order valence-electron chi connectivity index (χ4n) is 1.96. The minimum atomic E-state index is -3.56. The Morgan fingerprint density at radius 1 is 1.37 bits per heavy atom. The van der Waals surface area contributed by atoms with Crippen molar-refractivity contribution in [3.8, 4) is 0 Å². The molecule has 6 heteroatoms. The predicted molar refractivity (Wildman–Crippen MR) is 78.7 cm³/mol. The lowest BCUT2D eigenvalue weighted by atomic mass is 10.0. The molecule has 0 aromatic heterocycles. The van der Waals surface area contributed by atoms with Gasteiger partial charge in [-0.3, -0.25) is 0 Å². The minimum absolute atomic E-state index is 0.166. The van der Waals surface area contributed by atoms with Crippen LogP contribution in [0.3, 0.4) is 0 Å². The van der Waals surface area contributed by atoms with Crippen molar-refractivity contribution < 1.29 is 8.42 Å². The summed E-state index contributed by atoms with van der Waals surface area (Å²) in [5.74, 6) is 0. The summed E-state index contributed by atoms with van der Waals surface area (Å²) in [6.45, 7) is 6.03. The van der Waals surface area contributed by atoms with Crippen molar-refractivity contribution in [1.29, 1.82) is 0 Å². The zero-order valence-electron chi connectivity index (χ0n) is 11.5. The molecule has 0 aliphatic heterocycles. The van der Waals surface area contributed by atoms with Gasteiger partial charge in [-0.25, -0.2) is 13.1 Å². The summed E-state index contributed by atoms with van der Waals surface area (Å²) in [5.41, 5.74) is 5.75. The van der Waals surface area contributed by atoms with Crippen LogP contribution in [-0.4, -0.2) is 14.0 Å². The van der Waals surface area contributed by atoms with Crippen LogP contribution in [0, 0.1) is 0 Å². The largest absolute Gasteiger partial charge is 0.326 e. The molecule has 0 atom stereocenters. The summed E-state index contributed by atoms with van der Waals surface area (Å²) >= 11 is 6.00. The van der Waals surface area contributed by atoms with E-state index in [1.54, 1.807) is 6.07 Å². The third-order valence-electron chi connectivity index (χ3n) is 2.84. The summed E-state index contributed by atoms with van der Waals surface area (Å²) in [6.07, 6.45) is 1.67. The second-order valence-electron chi connectivity index (χ2n) is 5.20. The fraction of sp³-hybridized carbons (Fsp3) is 0.538. The Kier molecular flexibility index (Phi) is 5.38. The molecule has 1 aromatic rings. The van der Waals surface area contributed by atoms with Crippen LogP contribution >= 0.6 is 11.6 Å². The maximum atomic E-state index is 12.3. The fourth-order valence-corrected chi connectivity index (χ4v) is 3.75. The Balaban J connectivity index is 3.04. The maximum absolute atomic E-state index is 12.3. The highest BCUT2D eigenvalue weighted by molar-refractivity contribution is 7.89. The van der Waals surface area contributed by atoms with E-state index in [1.807, 2.05) is 20.8 Å². The summed E-state index contributed by atoms with van der Waals surface area (Å²) in [5, 5.41) is 0.374. The van der Waals surface area contributed by atoms with Crippen LogP contribution in [0.25, 0.3) is 0 Å². The van der Waals surface area contributed by atoms with Gasteiger partial charge in [0.25, 0.3) is 0 Å². The molecule has 0 saturated heterocycles. The smallest absolute Gasteiger partial charge is 0.241 e. The van der Waals surface area contributed by atoms with Gasteiger partial charge in [0.1, 0.15) is 0 Å². The van der Waals surface area contributed by atoms with Crippen LogP contribution in [-0.2, 0) is 16.6 Å². The first-order valence-electron chi connectivity index (χ1n) is 6.24. The topological polar surface area (TPSA) is 72.2 Å². The van der Waals surface area contributed by atoms with E-state index in [9.17, 15) is 8.42 Å². The van der Waals surface area contributed by atoms with Gasteiger partial charge in [-0.15, -0.1) is 0 Å². The van der Waals surface area contributed by atoms with E-state index in [-0.39, 0.29) is 11.4 Å². The van der Waals surface area contributed by atoms with Gasteiger partial charge in [0, 0.05) is 17.1 Å². The van der Waals surface area contributed by atoms with E-state index in [1.165, 1.54) is 12.1 Å². The molecular weight excluding hydrogens is 284 g/mol. The van der Waals surface area contributed by atoms with Crippen molar-refractivity contribution in [2.24, 2.45) is 5.73 Å². The van der Waals surface area contributed by atoms with Crippen molar-refractivity contribution in [2.45, 2.75) is 50.6 Å². The third-order valence-corrected chi connectivity index (χ3v) is 4.89. The predicted octanol–water partition coefficient (Wildman–Crippen LogP) is 2.66. The van der Waals surface area contributed by atoms with Crippen LogP contribution in [0.15, 0.2) is 23.1 Å². The van der Waals surface area contributed by atoms with Crippen LogP contribution in [0.2, 0.25) is 5.02 Å². The van der Waals surface area contributed by atoms with E-state index in [0.717, 1.165) is 18.4 Å². The van der Waals surface area contributed by atoms with E-state index in [0.29, 0.717) is 5.02 Å². The number of nitrogens with two attached hydrogens (primary N) is 1. The lowest BCUT2D eigenvalue weighted by Crippen LogP contribution is -2.43. The zero-order valence-corrected chi connectivity index (χ0v) is 13.1. The van der Waals surface area contributed by atoms with Gasteiger partial charge in [-0.1, -0.05) is 31.0 Å². The molecule has 0 saturated carbocycles. The quantitative estimate of drug-likeness (QED) is 0.848. The summed E-state index contributed by atoms with van der Waals surface area (Å²) in [6, 6.07) is 4.61. The Morgan fingerprint density at radius 2 is 2.00 bits per heavy atom. The Labute approximate surface area is 120 Å². The van der Waals surface area contributed by atoms with E-state index in [4.69, 9.17) is 17.3 Å². The second kappa shape index (κ2) is 6.22. The molecule has 0 amide bonds. The van der Waals surface area contributed by atoms with E-state index < -0.39 is 15.6 Å². The number of nitrogens with one attached hydrogen (secondary N) is 1. The molecule has 4 nitrogen and oxygen atoms in total. The van der Waals surface area contributed by atoms with Gasteiger partial charge < -0.3 is 5.73 Å². The zero-order chi connectivity index (χ0) is 14.7. The van der Waals surface area contributed by atoms with Gasteiger partial charge in [-0.05, 0) is 38.0 Å². The summed E-state index contributed by atoms with van der Waals surface area (Å²) in [4.78, 5) is 0.166. The lowest BCUT2D eigenvalue weighted by molar-refractivity contribution is 0.418. The number of hydrogen-bond acceptors (Lipinski definition) is 3. The first kappa shape index (κ1) is 16.4. The molecule has 108 valence electrons. The highest BCUT2D eigenvalue weighted by Gasteiger charge is 2.25. The normalized spacial score (nSPS) is 12.7. The highest BCUT2D eigenvalue weighted by Crippen LogP contribution is 2.22. The van der Waals surface area contributed by atoms with Gasteiger partial charge in [0.2, 0.25) is 10.0 Å².